The second-order valence-corrected chi connectivity index (χ2v) is 5.63. The third kappa shape index (κ3) is 5.22. The van der Waals surface area contributed by atoms with E-state index in [1.807, 2.05) is 24.3 Å². The van der Waals surface area contributed by atoms with Gasteiger partial charge in [0.25, 0.3) is 0 Å². The van der Waals surface area contributed by atoms with Gasteiger partial charge < -0.3 is 4.74 Å². The lowest BCUT2D eigenvalue weighted by molar-refractivity contribution is -0.138. The van der Waals surface area contributed by atoms with E-state index in [-0.39, 0.29) is 12.6 Å². The average molecular weight is 278 g/mol. The molecule has 1 rings (SSSR count). The van der Waals surface area contributed by atoms with E-state index in [9.17, 15) is 9.00 Å². The monoisotopic (exact) mass is 278 g/mol. The fraction of sp³-hybridized carbons (Fsp3) is 0.267. The molecule has 0 fully saturated rings. The van der Waals surface area contributed by atoms with Crippen LogP contribution < -0.4 is 0 Å². The zero-order valence-corrected chi connectivity index (χ0v) is 12.0. The number of ether oxygens (including phenoxy) is 1. The molecule has 0 saturated carbocycles. The number of benzene rings is 1. The number of rotatable bonds is 6. The van der Waals surface area contributed by atoms with Crippen molar-refractivity contribution < 1.29 is 13.7 Å². The van der Waals surface area contributed by atoms with E-state index < -0.39 is 10.8 Å². The SMILES string of the molecule is C=Cc1ccccc1/C=C(\C)C(=O)OCCS(C)=O. The van der Waals surface area contributed by atoms with E-state index in [1.165, 1.54) is 0 Å². The molecule has 0 bridgehead atoms. The average Bonchev–Trinajstić information content (AvgIpc) is 2.38. The molecule has 0 aliphatic carbocycles. The molecule has 0 heterocycles. The first-order chi connectivity index (χ1) is 9.04. The number of hydrogen-bond acceptors (Lipinski definition) is 3. The van der Waals surface area contributed by atoms with Crippen molar-refractivity contribution in [2.45, 2.75) is 6.92 Å². The molecule has 1 aromatic carbocycles. The Morgan fingerprint density at radius 1 is 1.37 bits per heavy atom. The van der Waals surface area contributed by atoms with Crippen molar-refractivity contribution in [1.82, 2.24) is 0 Å². The van der Waals surface area contributed by atoms with Gasteiger partial charge in [0.05, 0.1) is 5.75 Å². The number of esters is 1. The summed E-state index contributed by atoms with van der Waals surface area (Å²) in [5.41, 5.74) is 2.39. The second-order valence-electron chi connectivity index (χ2n) is 4.07. The van der Waals surface area contributed by atoms with Crippen molar-refractivity contribution in [2.75, 3.05) is 18.6 Å². The smallest absolute Gasteiger partial charge is 0.333 e. The van der Waals surface area contributed by atoms with Crippen LogP contribution in [-0.4, -0.2) is 28.8 Å². The van der Waals surface area contributed by atoms with Crippen LogP contribution in [0.15, 0.2) is 36.4 Å². The van der Waals surface area contributed by atoms with E-state index in [2.05, 4.69) is 6.58 Å². The second kappa shape index (κ2) is 7.69. The Morgan fingerprint density at radius 3 is 2.58 bits per heavy atom. The van der Waals surface area contributed by atoms with Crippen molar-refractivity contribution in [1.29, 1.82) is 0 Å². The Hall–Kier alpha value is -1.68. The molecule has 0 saturated heterocycles. The molecule has 0 spiro atoms. The maximum Gasteiger partial charge on any atom is 0.333 e. The first-order valence-electron chi connectivity index (χ1n) is 5.91. The quantitative estimate of drug-likeness (QED) is 0.593. The van der Waals surface area contributed by atoms with Crippen molar-refractivity contribution in [3.8, 4) is 0 Å². The van der Waals surface area contributed by atoms with Gasteiger partial charge >= 0.3 is 5.97 Å². The van der Waals surface area contributed by atoms with Gasteiger partial charge in [-0.1, -0.05) is 36.9 Å². The van der Waals surface area contributed by atoms with Crippen LogP contribution in [0.2, 0.25) is 0 Å². The van der Waals surface area contributed by atoms with E-state index in [1.54, 1.807) is 25.3 Å². The molecule has 1 atom stereocenters. The van der Waals surface area contributed by atoms with Crippen LogP contribution in [0, 0.1) is 0 Å². The third-order valence-electron chi connectivity index (χ3n) is 2.51. The number of carbonyl (C=O) groups excluding carboxylic acids is 1. The standard InChI is InChI=1S/C15H18O3S/c1-4-13-7-5-6-8-14(13)11-12(2)15(16)18-9-10-19(3)17/h4-8,11H,1,9-10H2,2-3H3/b12-11+. The van der Waals surface area contributed by atoms with Crippen LogP contribution in [0.3, 0.4) is 0 Å². The summed E-state index contributed by atoms with van der Waals surface area (Å²) in [7, 11) is -0.948. The molecule has 0 aliphatic rings. The van der Waals surface area contributed by atoms with Gasteiger partial charge in [-0.25, -0.2) is 4.79 Å². The number of carbonyl (C=O) groups is 1. The minimum atomic E-state index is -0.948. The van der Waals surface area contributed by atoms with Crippen molar-refractivity contribution in [3.63, 3.8) is 0 Å². The maximum atomic E-state index is 11.7. The topological polar surface area (TPSA) is 43.4 Å². The molecule has 0 aliphatic heterocycles. The fourth-order valence-corrected chi connectivity index (χ4v) is 1.80. The van der Waals surface area contributed by atoms with E-state index in [4.69, 9.17) is 4.74 Å². The first kappa shape index (κ1) is 15.4. The lowest BCUT2D eigenvalue weighted by Crippen LogP contribution is -2.11. The molecule has 1 aromatic rings. The molecule has 0 N–H and O–H groups in total. The highest BCUT2D eigenvalue weighted by molar-refractivity contribution is 7.84. The predicted octanol–water partition coefficient (Wildman–Crippen LogP) is 2.65. The third-order valence-corrected chi connectivity index (χ3v) is 3.26. The summed E-state index contributed by atoms with van der Waals surface area (Å²) in [5.74, 6) is -0.0215. The minimum absolute atomic E-state index is 0.177. The van der Waals surface area contributed by atoms with E-state index in [0.29, 0.717) is 11.3 Å². The molecule has 0 amide bonds. The van der Waals surface area contributed by atoms with Gasteiger partial charge in [0.2, 0.25) is 0 Å². The maximum absolute atomic E-state index is 11.7. The summed E-state index contributed by atoms with van der Waals surface area (Å²) in [6.45, 7) is 5.61. The predicted molar refractivity (Wildman–Crippen MR) is 80.1 cm³/mol. The highest BCUT2D eigenvalue weighted by Crippen LogP contribution is 2.14. The molecule has 4 heteroatoms. The van der Waals surface area contributed by atoms with Gasteiger partial charge in [-0.05, 0) is 24.1 Å². The van der Waals surface area contributed by atoms with E-state index in [0.717, 1.165) is 11.1 Å². The Bertz CT molecular complexity index is 518. The summed E-state index contributed by atoms with van der Waals surface area (Å²) >= 11 is 0. The van der Waals surface area contributed by atoms with Gasteiger partial charge in [-0.15, -0.1) is 0 Å². The van der Waals surface area contributed by atoms with E-state index >= 15 is 0 Å². The van der Waals surface area contributed by atoms with Crippen LogP contribution >= 0.6 is 0 Å². The molecule has 0 radical (unpaired) electrons. The van der Waals surface area contributed by atoms with Crippen LogP contribution in [-0.2, 0) is 20.3 Å². The molecular formula is C15H18O3S. The zero-order chi connectivity index (χ0) is 14.3. The van der Waals surface area contributed by atoms with Crippen LogP contribution in [0.4, 0.5) is 0 Å². The normalized spacial score (nSPS) is 12.8. The Kier molecular flexibility index (Phi) is 6.22. The minimum Gasteiger partial charge on any atom is -0.461 e. The van der Waals surface area contributed by atoms with Crippen LogP contribution in [0.1, 0.15) is 18.1 Å². The Morgan fingerprint density at radius 2 is 2.00 bits per heavy atom. The summed E-state index contributed by atoms with van der Waals surface area (Å²) in [6.07, 6.45) is 5.09. The summed E-state index contributed by atoms with van der Waals surface area (Å²) in [6, 6.07) is 7.66. The lowest BCUT2D eigenvalue weighted by Gasteiger charge is -2.05. The van der Waals surface area contributed by atoms with Gasteiger partial charge in [-0.3, -0.25) is 4.21 Å². The van der Waals surface area contributed by atoms with Gasteiger partial charge in [-0.2, -0.15) is 0 Å². The van der Waals surface area contributed by atoms with Crippen LogP contribution in [0.5, 0.6) is 0 Å². The van der Waals surface area contributed by atoms with Crippen molar-refractivity contribution in [3.05, 3.63) is 47.5 Å². The highest BCUT2D eigenvalue weighted by atomic mass is 32.2. The Balaban J connectivity index is 2.72. The molecule has 102 valence electrons. The summed E-state index contributed by atoms with van der Waals surface area (Å²) in [4.78, 5) is 11.7. The van der Waals surface area contributed by atoms with Gasteiger partial charge in [0, 0.05) is 22.6 Å². The fourth-order valence-electron chi connectivity index (χ4n) is 1.49. The highest BCUT2D eigenvalue weighted by Gasteiger charge is 2.07. The van der Waals surface area contributed by atoms with Crippen molar-refractivity contribution >= 4 is 28.9 Å². The molecule has 19 heavy (non-hydrogen) atoms. The molecule has 1 unspecified atom stereocenters. The number of hydrogen-bond donors (Lipinski definition) is 0. The zero-order valence-electron chi connectivity index (χ0n) is 11.2. The lowest BCUT2D eigenvalue weighted by atomic mass is 10.1. The van der Waals surface area contributed by atoms with Gasteiger partial charge in [0.1, 0.15) is 6.61 Å². The summed E-state index contributed by atoms with van der Waals surface area (Å²) in [5, 5.41) is 0. The van der Waals surface area contributed by atoms with Crippen molar-refractivity contribution in [2.24, 2.45) is 0 Å². The van der Waals surface area contributed by atoms with Crippen LogP contribution in [0.25, 0.3) is 12.2 Å². The molecule has 3 nitrogen and oxygen atoms in total. The Labute approximate surface area is 116 Å². The molecule has 0 aromatic heterocycles. The molecular weight excluding hydrogens is 260 g/mol. The first-order valence-corrected chi connectivity index (χ1v) is 7.64. The summed E-state index contributed by atoms with van der Waals surface area (Å²) < 4.78 is 15.9. The largest absolute Gasteiger partial charge is 0.461 e. The van der Waals surface area contributed by atoms with Gasteiger partial charge in [0.15, 0.2) is 0 Å².